The summed E-state index contributed by atoms with van der Waals surface area (Å²) in [5, 5.41) is 0. The first-order valence-electron chi connectivity index (χ1n) is 7.94. The summed E-state index contributed by atoms with van der Waals surface area (Å²) in [6.45, 7) is 0. The Labute approximate surface area is 148 Å². The molecular weight excluding hydrogens is 334 g/mol. The molecule has 0 aliphatic carbocycles. The van der Waals surface area contributed by atoms with Gasteiger partial charge in [0, 0.05) is 24.2 Å². The molecule has 26 heavy (non-hydrogen) atoms. The molecular formula is C20H14F2N4. The van der Waals surface area contributed by atoms with E-state index in [-0.39, 0.29) is 11.5 Å². The topological polar surface area (TPSA) is 56.7 Å². The quantitative estimate of drug-likeness (QED) is 0.595. The minimum Gasteiger partial charge on any atom is -0.383 e. The lowest BCUT2D eigenvalue weighted by atomic mass is 10.1. The maximum atomic E-state index is 14.2. The number of imidazole rings is 1. The van der Waals surface area contributed by atoms with Gasteiger partial charge < -0.3 is 5.73 Å². The van der Waals surface area contributed by atoms with E-state index in [0.717, 1.165) is 17.2 Å². The summed E-state index contributed by atoms with van der Waals surface area (Å²) >= 11 is 0. The third kappa shape index (κ3) is 2.71. The number of nitrogens with two attached hydrogens (primary N) is 1. The van der Waals surface area contributed by atoms with E-state index in [1.54, 1.807) is 12.4 Å². The van der Waals surface area contributed by atoms with E-state index < -0.39 is 11.6 Å². The van der Waals surface area contributed by atoms with Crippen LogP contribution in [0.4, 0.5) is 14.6 Å². The summed E-state index contributed by atoms with van der Waals surface area (Å²) < 4.78 is 29.3. The van der Waals surface area contributed by atoms with Crippen LogP contribution in [-0.2, 0) is 0 Å². The summed E-state index contributed by atoms with van der Waals surface area (Å²) in [6.07, 6.45) is 4.74. The van der Waals surface area contributed by atoms with Crippen LogP contribution in [0.25, 0.3) is 28.2 Å². The Morgan fingerprint density at radius 3 is 2.50 bits per heavy atom. The fourth-order valence-corrected chi connectivity index (χ4v) is 2.82. The number of hydrogen-bond acceptors (Lipinski definition) is 3. The molecule has 6 heteroatoms. The summed E-state index contributed by atoms with van der Waals surface area (Å²) in [4.78, 5) is 8.53. The van der Waals surface area contributed by atoms with Gasteiger partial charge in [-0.25, -0.2) is 18.7 Å². The molecule has 0 unspecified atom stereocenters. The third-order valence-corrected chi connectivity index (χ3v) is 4.10. The highest BCUT2D eigenvalue weighted by Gasteiger charge is 2.17. The van der Waals surface area contributed by atoms with Gasteiger partial charge >= 0.3 is 0 Å². The Morgan fingerprint density at radius 1 is 0.885 bits per heavy atom. The van der Waals surface area contributed by atoms with E-state index >= 15 is 0 Å². The van der Waals surface area contributed by atoms with Gasteiger partial charge in [0.1, 0.15) is 11.6 Å². The second-order valence-corrected chi connectivity index (χ2v) is 5.72. The van der Waals surface area contributed by atoms with E-state index in [1.807, 2.05) is 36.4 Å². The molecule has 4 aromatic rings. The highest BCUT2D eigenvalue weighted by Crippen LogP contribution is 2.30. The van der Waals surface area contributed by atoms with Crippen LogP contribution < -0.4 is 5.73 Å². The van der Waals surface area contributed by atoms with E-state index in [1.165, 1.54) is 22.9 Å². The van der Waals surface area contributed by atoms with Gasteiger partial charge in [-0.15, -0.1) is 0 Å². The van der Waals surface area contributed by atoms with Gasteiger partial charge in [-0.1, -0.05) is 36.4 Å². The number of aromatic nitrogens is 3. The minimum atomic E-state index is -0.947. The average molecular weight is 348 g/mol. The Morgan fingerprint density at radius 2 is 1.69 bits per heavy atom. The number of rotatable bonds is 3. The van der Waals surface area contributed by atoms with Crippen LogP contribution in [0.1, 0.15) is 0 Å². The van der Waals surface area contributed by atoms with Crippen molar-refractivity contribution in [3.63, 3.8) is 0 Å². The van der Waals surface area contributed by atoms with Crippen molar-refractivity contribution in [2.45, 2.75) is 0 Å². The van der Waals surface area contributed by atoms with Crippen LogP contribution in [0, 0.1) is 11.6 Å². The number of pyridine rings is 1. The summed E-state index contributed by atoms with van der Waals surface area (Å²) in [7, 11) is 0. The molecule has 0 saturated carbocycles. The molecule has 0 spiro atoms. The van der Waals surface area contributed by atoms with Gasteiger partial charge in [-0.2, -0.15) is 0 Å². The maximum Gasteiger partial charge on any atom is 0.182 e. The van der Waals surface area contributed by atoms with Crippen LogP contribution >= 0.6 is 0 Å². The Hall–Kier alpha value is -3.54. The zero-order chi connectivity index (χ0) is 18.1. The predicted molar refractivity (Wildman–Crippen MR) is 96.6 cm³/mol. The van der Waals surface area contributed by atoms with Gasteiger partial charge in [0.05, 0.1) is 11.3 Å². The van der Waals surface area contributed by atoms with E-state index in [2.05, 4.69) is 9.97 Å². The summed E-state index contributed by atoms with van der Waals surface area (Å²) in [5.41, 5.74) is 8.46. The Balaban J connectivity index is 1.88. The van der Waals surface area contributed by atoms with E-state index in [9.17, 15) is 8.78 Å². The fraction of sp³-hybridized carbons (Fsp3) is 0. The largest absolute Gasteiger partial charge is 0.383 e. The van der Waals surface area contributed by atoms with Gasteiger partial charge in [-0.3, -0.25) is 4.57 Å². The monoisotopic (exact) mass is 348 g/mol. The molecule has 0 saturated heterocycles. The standard InChI is InChI=1S/C20H14F2N4/c21-16-7-4-8-17(18(16)22)26-10-9-24-20(26)15-11-14(12-25-19(15)23)13-5-2-1-3-6-13/h1-12H,(H2,23,25). The summed E-state index contributed by atoms with van der Waals surface area (Å²) in [5.74, 6) is -1.23. The highest BCUT2D eigenvalue weighted by atomic mass is 19.2. The predicted octanol–water partition coefficient (Wildman–Crippen LogP) is 4.46. The SMILES string of the molecule is Nc1ncc(-c2ccccc2)cc1-c1nccn1-c1cccc(F)c1F. The fourth-order valence-electron chi connectivity index (χ4n) is 2.82. The van der Waals surface area contributed by atoms with Crippen molar-refractivity contribution in [2.75, 3.05) is 5.73 Å². The first-order valence-corrected chi connectivity index (χ1v) is 7.94. The number of benzene rings is 2. The minimum absolute atomic E-state index is 0.0574. The molecule has 2 aromatic heterocycles. The van der Waals surface area contributed by atoms with Crippen molar-refractivity contribution >= 4 is 5.82 Å². The lowest BCUT2D eigenvalue weighted by Gasteiger charge is -2.12. The number of nitrogens with zero attached hydrogens (tertiary/aromatic N) is 3. The first-order chi connectivity index (χ1) is 12.6. The molecule has 0 aliphatic heterocycles. The molecule has 0 radical (unpaired) electrons. The van der Waals surface area contributed by atoms with Gasteiger partial charge in [0.25, 0.3) is 0 Å². The van der Waals surface area contributed by atoms with Gasteiger partial charge in [-0.05, 0) is 23.8 Å². The molecule has 4 nitrogen and oxygen atoms in total. The van der Waals surface area contributed by atoms with Crippen LogP contribution in [0.3, 0.4) is 0 Å². The van der Waals surface area contributed by atoms with E-state index in [4.69, 9.17) is 5.73 Å². The number of nitrogen functional groups attached to an aromatic ring is 1. The second kappa shape index (κ2) is 6.40. The Bertz CT molecular complexity index is 1070. The number of anilines is 1. The lowest BCUT2D eigenvalue weighted by molar-refractivity contribution is 0.504. The van der Waals surface area contributed by atoms with Crippen molar-refractivity contribution in [3.8, 4) is 28.2 Å². The Kier molecular flexibility index (Phi) is 3.93. The molecule has 0 fully saturated rings. The normalized spacial score (nSPS) is 10.8. The van der Waals surface area contributed by atoms with Crippen molar-refractivity contribution in [1.29, 1.82) is 0 Å². The highest BCUT2D eigenvalue weighted by molar-refractivity contribution is 5.76. The zero-order valence-electron chi connectivity index (χ0n) is 13.6. The molecule has 2 heterocycles. The summed E-state index contributed by atoms with van der Waals surface area (Å²) in [6, 6.07) is 15.5. The van der Waals surface area contributed by atoms with Crippen LogP contribution in [0.5, 0.6) is 0 Å². The van der Waals surface area contributed by atoms with Crippen molar-refractivity contribution in [2.24, 2.45) is 0 Å². The van der Waals surface area contributed by atoms with Crippen LogP contribution in [-0.4, -0.2) is 14.5 Å². The zero-order valence-corrected chi connectivity index (χ0v) is 13.6. The second-order valence-electron chi connectivity index (χ2n) is 5.72. The average Bonchev–Trinajstić information content (AvgIpc) is 3.14. The smallest absolute Gasteiger partial charge is 0.182 e. The van der Waals surface area contributed by atoms with E-state index in [0.29, 0.717) is 11.4 Å². The van der Waals surface area contributed by atoms with Crippen LogP contribution in [0.2, 0.25) is 0 Å². The molecule has 2 aromatic carbocycles. The lowest BCUT2D eigenvalue weighted by Crippen LogP contribution is -2.04. The molecule has 0 bridgehead atoms. The van der Waals surface area contributed by atoms with Gasteiger partial charge in [0.2, 0.25) is 0 Å². The number of hydrogen-bond donors (Lipinski definition) is 1. The van der Waals surface area contributed by atoms with Crippen LogP contribution in [0.15, 0.2) is 73.2 Å². The first kappa shape index (κ1) is 16.0. The molecule has 0 amide bonds. The number of halogens is 2. The molecule has 4 rings (SSSR count). The third-order valence-electron chi connectivity index (χ3n) is 4.10. The van der Waals surface area contributed by atoms with Crippen molar-refractivity contribution in [1.82, 2.24) is 14.5 Å². The molecule has 2 N–H and O–H groups in total. The van der Waals surface area contributed by atoms with Crippen molar-refractivity contribution < 1.29 is 8.78 Å². The molecule has 128 valence electrons. The molecule has 0 aliphatic rings. The maximum absolute atomic E-state index is 14.2. The van der Waals surface area contributed by atoms with Gasteiger partial charge in [0.15, 0.2) is 11.6 Å². The van der Waals surface area contributed by atoms with Crippen molar-refractivity contribution in [3.05, 3.63) is 84.8 Å². The molecule has 0 atom stereocenters.